The number of nitrogens with zero attached hydrogens (tertiary/aromatic N) is 3. The van der Waals surface area contributed by atoms with Crippen molar-refractivity contribution in [3.63, 3.8) is 0 Å². The summed E-state index contributed by atoms with van der Waals surface area (Å²) in [6.45, 7) is 0. The Hall–Kier alpha value is -2.81. The molecule has 2 heterocycles. The van der Waals surface area contributed by atoms with Crippen molar-refractivity contribution < 1.29 is 0 Å². The summed E-state index contributed by atoms with van der Waals surface area (Å²) in [7, 11) is 0. The molecular formula is C23H21N3. The number of benzene rings is 2. The van der Waals surface area contributed by atoms with Crippen LogP contribution in [0.3, 0.4) is 0 Å². The van der Waals surface area contributed by atoms with Gasteiger partial charge in [-0.1, -0.05) is 36.4 Å². The third kappa shape index (κ3) is 2.64. The molecule has 2 aliphatic heterocycles. The minimum absolute atomic E-state index is 0.741. The zero-order valence-electron chi connectivity index (χ0n) is 14.8. The molecule has 3 heteroatoms. The molecular weight excluding hydrogens is 318 g/mol. The molecule has 0 bridgehead atoms. The van der Waals surface area contributed by atoms with Gasteiger partial charge in [0.05, 0.1) is 6.20 Å². The monoisotopic (exact) mass is 339 g/mol. The number of rotatable bonds is 0. The molecule has 0 saturated carbocycles. The predicted octanol–water partition coefficient (Wildman–Crippen LogP) is 5.59. The Balaban J connectivity index is 0.000000156. The second kappa shape index (κ2) is 6.49. The molecule has 0 fully saturated rings. The van der Waals surface area contributed by atoms with E-state index in [0.29, 0.717) is 0 Å². The molecule has 2 aromatic rings. The van der Waals surface area contributed by atoms with Gasteiger partial charge in [0, 0.05) is 11.8 Å². The van der Waals surface area contributed by atoms with Crippen LogP contribution in [-0.2, 0) is 25.7 Å². The molecule has 0 spiro atoms. The maximum absolute atomic E-state index is 3.91. The Bertz CT molecular complexity index is 967. The van der Waals surface area contributed by atoms with Crippen molar-refractivity contribution in [2.75, 3.05) is 0 Å². The zero-order valence-corrected chi connectivity index (χ0v) is 14.8. The quantitative estimate of drug-likeness (QED) is 0.600. The third-order valence-corrected chi connectivity index (χ3v) is 5.66. The lowest BCUT2D eigenvalue weighted by molar-refractivity contribution is 0.676. The van der Waals surface area contributed by atoms with Gasteiger partial charge < -0.3 is 0 Å². The van der Waals surface area contributed by atoms with Gasteiger partial charge in [0.15, 0.2) is 5.84 Å². The number of hydrogen-bond acceptors (Lipinski definition) is 3. The molecule has 0 atom stereocenters. The van der Waals surface area contributed by atoms with E-state index in [0.717, 1.165) is 11.4 Å². The molecule has 0 saturated heterocycles. The molecule has 128 valence electrons. The Kier molecular flexibility index (Phi) is 3.85. The topological polar surface area (TPSA) is 37.1 Å². The number of amidine groups is 1. The highest BCUT2D eigenvalue weighted by Gasteiger charge is 2.21. The van der Waals surface area contributed by atoms with Gasteiger partial charge in [-0.25, -0.2) is 4.99 Å². The van der Waals surface area contributed by atoms with E-state index in [1.807, 2.05) is 6.08 Å². The molecule has 2 aromatic carbocycles. The molecule has 0 N–H and O–H groups in total. The molecule has 0 amide bonds. The van der Waals surface area contributed by atoms with Crippen molar-refractivity contribution in [2.45, 2.75) is 38.5 Å². The van der Waals surface area contributed by atoms with E-state index in [1.165, 1.54) is 55.2 Å². The number of aliphatic imine (C=N–C) groups is 1. The largest absolute Gasteiger partial charge is 0.235 e. The van der Waals surface area contributed by atoms with Gasteiger partial charge in [0.2, 0.25) is 0 Å². The van der Waals surface area contributed by atoms with Crippen LogP contribution in [0.5, 0.6) is 0 Å². The van der Waals surface area contributed by atoms with Crippen molar-refractivity contribution >= 4 is 5.84 Å². The zero-order chi connectivity index (χ0) is 17.3. The smallest absolute Gasteiger partial charge is 0.183 e. The summed E-state index contributed by atoms with van der Waals surface area (Å²) in [6.07, 6.45) is 13.1. The van der Waals surface area contributed by atoms with E-state index < -0.39 is 0 Å². The van der Waals surface area contributed by atoms with Crippen LogP contribution >= 0.6 is 0 Å². The Labute approximate surface area is 153 Å². The summed E-state index contributed by atoms with van der Waals surface area (Å²) >= 11 is 0. The van der Waals surface area contributed by atoms with Crippen LogP contribution in [0.2, 0.25) is 0 Å². The van der Waals surface area contributed by atoms with Crippen molar-refractivity contribution in [3.05, 3.63) is 82.7 Å². The standard InChI is InChI=1S/C18H18.C5H3N3/c1-3-7-15-13(5-1)9-11-18-16-8-4-2-6-14(16)10-12-17(15)18;1-2-6-5-4(1)3-7-8-5/h1,3,5,7,10,12H,2,4,6,8-9,11H2;1-3H. The second-order valence-electron chi connectivity index (χ2n) is 7.16. The molecule has 3 nitrogen and oxygen atoms in total. The highest BCUT2D eigenvalue weighted by molar-refractivity contribution is 6.04. The maximum Gasteiger partial charge on any atom is 0.183 e. The fourth-order valence-corrected chi connectivity index (χ4v) is 4.37. The lowest BCUT2D eigenvalue weighted by Crippen LogP contribution is -2.12. The Morgan fingerprint density at radius 2 is 1.65 bits per heavy atom. The molecule has 4 aliphatic rings. The summed E-state index contributed by atoms with van der Waals surface area (Å²) < 4.78 is 0. The summed E-state index contributed by atoms with van der Waals surface area (Å²) in [5.74, 6) is 0.741. The highest BCUT2D eigenvalue weighted by Crippen LogP contribution is 2.38. The fraction of sp³-hybridized carbons (Fsp3) is 0.261. The van der Waals surface area contributed by atoms with E-state index in [1.54, 1.807) is 29.1 Å². The van der Waals surface area contributed by atoms with Gasteiger partial charge in [0.1, 0.15) is 0 Å². The Morgan fingerprint density at radius 3 is 2.62 bits per heavy atom. The predicted molar refractivity (Wildman–Crippen MR) is 105 cm³/mol. The van der Waals surface area contributed by atoms with Gasteiger partial charge in [0.25, 0.3) is 0 Å². The molecule has 26 heavy (non-hydrogen) atoms. The van der Waals surface area contributed by atoms with Gasteiger partial charge in [-0.2, -0.15) is 5.11 Å². The number of hydrogen-bond donors (Lipinski definition) is 0. The van der Waals surface area contributed by atoms with Gasteiger partial charge >= 0.3 is 0 Å². The van der Waals surface area contributed by atoms with Crippen LogP contribution in [-0.4, -0.2) is 5.84 Å². The first-order chi connectivity index (χ1) is 12.9. The average molecular weight is 339 g/mol. The van der Waals surface area contributed by atoms with E-state index in [9.17, 15) is 0 Å². The van der Waals surface area contributed by atoms with E-state index in [2.05, 4.69) is 51.6 Å². The lowest BCUT2D eigenvalue weighted by Gasteiger charge is -2.26. The lowest BCUT2D eigenvalue weighted by atomic mass is 9.78. The van der Waals surface area contributed by atoms with Crippen molar-refractivity contribution in [2.24, 2.45) is 15.2 Å². The van der Waals surface area contributed by atoms with Gasteiger partial charge in [-0.15, -0.1) is 5.11 Å². The van der Waals surface area contributed by atoms with E-state index in [-0.39, 0.29) is 0 Å². The minimum atomic E-state index is 0.741. The van der Waals surface area contributed by atoms with Crippen LogP contribution in [0, 0.1) is 0 Å². The van der Waals surface area contributed by atoms with Crippen LogP contribution in [0.4, 0.5) is 0 Å². The molecule has 0 radical (unpaired) electrons. The van der Waals surface area contributed by atoms with Crippen molar-refractivity contribution in [3.8, 4) is 11.1 Å². The summed E-state index contributed by atoms with van der Waals surface area (Å²) in [5, 5.41) is 7.37. The summed E-state index contributed by atoms with van der Waals surface area (Å²) in [4.78, 5) is 3.91. The van der Waals surface area contributed by atoms with E-state index in [4.69, 9.17) is 0 Å². The first kappa shape index (κ1) is 15.4. The molecule has 0 unspecified atom stereocenters. The minimum Gasteiger partial charge on any atom is -0.235 e. The number of azo groups is 1. The van der Waals surface area contributed by atoms with E-state index >= 15 is 0 Å². The van der Waals surface area contributed by atoms with Gasteiger partial charge in [-0.3, -0.25) is 0 Å². The number of fused-ring (bicyclic) bond motifs is 6. The summed E-state index contributed by atoms with van der Waals surface area (Å²) in [5.41, 5.74) is 10.5. The molecule has 0 aromatic heterocycles. The molecule has 6 rings (SSSR count). The first-order valence-corrected chi connectivity index (χ1v) is 9.48. The van der Waals surface area contributed by atoms with Crippen molar-refractivity contribution in [1.82, 2.24) is 0 Å². The first-order valence-electron chi connectivity index (χ1n) is 9.48. The number of aryl methyl sites for hydroxylation is 2. The van der Waals surface area contributed by atoms with Crippen molar-refractivity contribution in [1.29, 1.82) is 0 Å². The van der Waals surface area contributed by atoms with Crippen LogP contribution in [0.25, 0.3) is 11.1 Å². The average Bonchev–Trinajstić information content (AvgIpc) is 3.33. The summed E-state index contributed by atoms with van der Waals surface area (Å²) in [6, 6.07) is 13.7. The third-order valence-electron chi connectivity index (χ3n) is 5.66. The van der Waals surface area contributed by atoms with Crippen LogP contribution in [0.1, 0.15) is 35.1 Å². The maximum atomic E-state index is 3.91. The second-order valence-corrected chi connectivity index (χ2v) is 7.16. The van der Waals surface area contributed by atoms with Crippen LogP contribution in [0.15, 0.2) is 75.7 Å². The fourth-order valence-electron chi connectivity index (χ4n) is 4.37. The molecule has 2 aliphatic carbocycles. The normalized spacial score (nSPS) is 18.0. The van der Waals surface area contributed by atoms with Gasteiger partial charge in [-0.05, 0) is 78.0 Å². The highest BCUT2D eigenvalue weighted by atomic mass is 15.2. The van der Waals surface area contributed by atoms with Crippen LogP contribution < -0.4 is 0 Å². The SMILES string of the molecule is C1=CC2=CN=NC2=N1.c1ccc2c(c1)CCc1c-2ccc2c1CCCC2. The Morgan fingerprint density at radius 1 is 0.731 bits per heavy atom.